The van der Waals surface area contributed by atoms with Gasteiger partial charge in [0.2, 0.25) is 0 Å². The molecule has 0 fully saturated rings. The Labute approximate surface area is 420 Å². The monoisotopic (exact) mass is 913 g/mol. The maximum Gasteiger partial charge on any atom is 0.0734 e. The van der Waals surface area contributed by atoms with Crippen molar-refractivity contribution in [2.24, 2.45) is 0 Å². The zero-order chi connectivity index (χ0) is 48.5. The van der Waals surface area contributed by atoms with Crippen molar-refractivity contribution in [3.63, 3.8) is 0 Å². The number of hydrogen-bond donors (Lipinski definition) is 0. The van der Waals surface area contributed by atoms with Gasteiger partial charge in [0.15, 0.2) is 0 Å². The molecule has 0 radical (unpaired) electrons. The van der Waals surface area contributed by atoms with E-state index < -0.39 is 10.8 Å². The first-order valence-corrected chi connectivity index (χ1v) is 25.3. The van der Waals surface area contributed by atoms with Crippen molar-refractivity contribution in [1.29, 1.82) is 0 Å². The van der Waals surface area contributed by atoms with Crippen LogP contribution in [0.2, 0.25) is 0 Å². The molecule has 2 aliphatic carbocycles. The number of nitrogens with zero attached hydrogens (tertiary/aromatic N) is 1. The minimum Gasteiger partial charge on any atom is -0.310 e. The zero-order valence-electron chi connectivity index (χ0n) is 41.6. The Morgan fingerprint density at radius 1 is 0.296 bits per heavy atom. The van der Waals surface area contributed by atoms with Gasteiger partial charge in [0.25, 0.3) is 0 Å². The van der Waals surface area contributed by atoms with Gasteiger partial charge in [-0.15, -0.1) is 0 Å². The summed E-state index contributed by atoms with van der Waals surface area (Å²) in [5.41, 5.74) is 22.3. The summed E-state index contributed by atoms with van der Waals surface area (Å²) < 4.78 is 0. The standard InChI is InChI=1S/C70H59N/c1-67(2,3)52-29-20-31-54(45-52)69(50-25-12-8-13-26-50)62-36-18-16-33-58(62)60-44-43-57(47-64(60)69)71(56-41-39-49(40-42-56)48-23-10-7-11-24-48)65-38-22-35-61-59-34-17-19-37-63(59)70(66(61)65,51-27-14-9-15-28-51)55-32-21-30-53(46-55)68(4,5)6/h7-47H,1-6H3. The fourth-order valence-electron chi connectivity index (χ4n) is 12.2. The first kappa shape index (κ1) is 44.2. The van der Waals surface area contributed by atoms with Crippen molar-refractivity contribution < 1.29 is 0 Å². The Morgan fingerprint density at radius 2 is 0.718 bits per heavy atom. The molecule has 0 saturated carbocycles. The van der Waals surface area contributed by atoms with Crippen LogP contribution in [0.4, 0.5) is 17.1 Å². The van der Waals surface area contributed by atoms with E-state index in [1.165, 1.54) is 89.0 Å². The lowest BCUT2D eigenvalue weighted by molar-refractivity contribution is 0.587. The average Bonchev–Trinajstić information content (AvgIpc) is 3.88. The molecule has 0 spiro atoms. The summed E-state index contributed by atoms with van der Waals surface area (Å²) in [5.74, 6) is 0. The van der Waals surface area contributed by atoms with Crippen molar-refractivity contribution in [3.8, 4) is 33.4 Å². The van der Waals surface area contributed by atoms with Crippen LogP contribution in [-0.4, -0.2) is 0 Å². The van der Waals surface area contributed by atoms with Crippen molar-refractivity contribution in [2.75, 3.05) is 4.90 Å². The highest BCUT2D eigenvalue weighted by Gasteiger charge is 2.50. The summed E-state index contributed by atoms with van der Waals surface area (Å²) >= 11 is 0. The normalized spacial score (nSPS) is 16.7. The second kappa shape index (κ2) is 16.9. The van der Waals surface area contributed by atoms with Gasteiger partial charge in [-0.2, -0.15) is 0 Å². The quantitative estimate of drug-likeness (QED) is 0.147. The maximum atomic E-state index is 2.56. The lowest BCUT2D eigenvalue weighted by Crippen LogP contribution is -2.31. The number of fused-ring (bicyclic) bond motifs is 6. The van der Waals surface area contributed by atoms with Crippen molar-refractivity contribution >= 4 is 17.1 Å². The van der Waals surface area contributed by atoms with E-state index in [2.05, 4.69) is 295 Å². The van der Waals surface area contributed by atoms with Gasteiger partial charge in [0, 0.05) is 16.9 Å². The largest absolute Gasteiger partial charge is 0.310 e. The Bertz CT molecular complexity index is 3590. The highest BCUT2D eigenvalue weighted by molar-refractivity contribution is 5.96. The minimum absolute atomic E-state index is 0.0394. The Hall–Kier alpha value is -8.00. The molecule has 71 heavy (non-hydrogen) atoms. The molecule has 344 valence electrons. The molecule has 12 rings (SSSR count). The summed E-state index contributed by atoms with van der Waals surface area (Å²) in [6.45, 7) is 13.9. The molecule has 0 amide bonds. The van der Waals surface area contributed by atoms with Gasteiger partial charge in [-0.05, 0) is 125 Å². The SMILES string of the molecule is CC(C)(C)c1cccc(C2(c3ccccc3)c3ccccc3-c3ccc(N(c4ccc(-c5ccccc5)cc4)c4cccc5c4C(c4ccccc4)(c4cccc(C(C)(C)C)c4)c4ccccc4-5)cc32)c1. The molecule has 2 unspecified atom stereocenters. The smallest absolute Gasteiger partial charge is 0.0734 e. The van der Waals surface area contributed by atoms with Crippen LogP contribution in [0.5, 0.6) is 0 Å². The van der Waals surface area contributed by atoms with Crippen LogP contribution in [-0.2, 0) is 21.7 Å². The van der Waals surface area contributed by atoms with Crippen molar-refractivity contribution in [3.05, 3.63) is 304 Å². The van der Waals surface area contributed by atoms with Crippen molar-refractivity contribution in [2.45, 2.75) is 63.2 Å². The lowest BCUT2D eigenvalue weighted by Gasteiger charge is -2.39. The molecule has 0 bridgehead atoms. The highest BCUT2D eigenvalue weighted by Crippen LogP contribution is 2.62. The molecule has 10 aromatic rings. The van der Waals surface area contributed by atoms with Crippen LogP contribution >= 0.6 is 0 Å². The highest BCUT2D eigenvalue weighted by atomic mass is 15.1. The number of hydrogen-bond acceptors (Lipinski definition) is 1. The summed E-state index contributed by atoms with van der Waals surface area (Å²) in [5, 5.41) is 0. The predicted molar refractivity (Wildman–Crippen MR) is 299 cm³/mol. The van der Waals surface area contributed by atoms with Crippen LogP contribution in [0.3, 0.4) is 0 Å². The van der Waals surface area contributed by atoms with E-state index in [1.807, 2.05) is 0 Å². The van der Waals surface area contributed by atoms with Gasteiger partial charge in [0.05, 0.1) is 16.5 Å². The summed E-state index contributed by atoms with van der Waals surface area (Å²) in [6.07, 6.45) is 0. The third-order valence-corrected chi connectivity index (χ3v) is 15.5. The summed E-state index contributed by atoms with van der Waals surface area (Å²) in [6, 6.07) is 93.9. The van der Waals surface area contributed by atoms with Crippen LogP contribution in [0, 0.1) is 0 Å². The van der Waals surface area contributed by atoms with E-state index in [1.54, 1.807) is 0 Å². The van der Waals surface area contributed by atoms with E-state index in [-0.39, 0.29) is 10.8 Å². The van der Waals surface area contributed by atoms with E-state index in [9.17, 15) is 0 Å². The van der Waals surface area contributed by atoms with Crippen LogP contribution in [0.1, 0.15) is 97.2 Å². The minimum atomic E-state index is -0.651. The van der Waals surface area contributed by atoms with Gasteiger partial charge in [0.1, 0.15) is 0 Å². The fourth-order valence-corrected chi connectivity index (χ4v) is 12.2. The zero-order valence-corrected chi connectivity index (χ0v) is 41.6. The van der Waals surface area contributed by atoms with Gasteiger partial charge in [-0.1, -0.05) is 260 Å². The molecular weight excluding hydrogens is 855 g/mol. The van der Waals surface area contributed by atoms with E-state index >= 15 is 0 Å². The predicted octanol–water partition coefficient (Wildman–Crippen LogP) is 18.1. The van der Waals surface area contributed by atoms with E-state index in [4.69, 9.17) is 0 Å². The van der Waals surface area contributed by atoms with Gasteiger partial charge >= 0.3 is 0 Å². The molecule has 0 aliphatic heterocycles. The summed E-state index contributed by atoms with van der Waals surface area (Å²) in [7, 11) is 0. The number of rotatable bonds is 8. The van der Waals surface area contributed by atoms with Gasteiger partial charge in [-0.3, -0.25) is 0 Å². The first-order valence-electron chi connectivity index (χ1n) is 25.3. The second-order valence-electron chi connectivity index (χ2n) is 21.7. The number of benzene rings is 10. The first-order chi connectivity index (χ1) is 34.5. The van der Waals surface area contributed by atoms with Crippen LogP contribution in [0.15, 0.2) is 249 Å². The Balaban J connectivity index is 1.19. The van der Waals surface area contributed by atoms with Crippen LogP contribution < -0.4 is 4.90 Å². The molecule has 0 saturated heterocycles. The average molecular weight is 914 g/mol. The third-order valence-electron chi connectivity index (χ3n) is 15.5. The summed E-state index contributed by atoms with van der Waals surface area (Å²) in [4.78, 5) is 2.56. The maximum absolute atomic E-state index is 2.56. The number of anilines is 3. The molecule has 0 N–H and O–H groups in total. The van der Waals surface area contributed by atoms with E-state index in [0.29, 0.717) is 0 Å². The molecule has 10 aromatic carbocycles. The van der Waals surface area contributed by atoms with E-state index in [0.717, 1.165) is 17.1 Å². The van der Waals surface area contributed by atoms with Gasteiger partial charge in [-0.25, -0.2) is 0 Å². The molecule has 0 aromatic heterocycles. The fraction of sp³-hybridized carbons (Fsp3) is 0.143. The molecule has 2 atom stereocenters. The van der Waals surface area contributed by atoms with Crippen LogP contribution in [0.25, 0.3) is 33.4 Å². The molecular formula is C70H59N. The molecule has 2 aliphatic rings. The topological polar surface area (TPSA) is 3.24 Å². The van der Waals surface area contributed by atoms with Gasteiger partial charge < -0.3 is 4.90 Å². The lowest BCUT2D eigenvalue weighted by atomic mass is 9.66. The van der Waals surface area contributed by atoms with Crippen molar-refractivity contribution in [1.82, 2.24) is 0 Å². The third kappa shape index (κ3) is 6.97. The second-order valence-corrected chi connectivity index (χ2v) is 21.7. The Kier molecular flexibility index (Phi) is 10.5. The molecule has 0 heterocycles. The molecule has 1 heteroatoms. The molecule has 1 nitrogen and oxygen atoms in total. The Morgan fingerprint density at radius 3 is 1.31 bits per heavy atom.